The molecule has 2 spiro atoms. The van der Waals surface area contributed by atoms with E-state index in [4.69, 9.17) is 133 Å². The van der Waals surface area contributed by atoms with Crippen molar-refractivity contribution in [2.45, 2.75) is 62.4 Å². The Bertz CT molecular complexity index is 1680. The van der Waals surface area contributed by atoms with Crippen LogP contribution in [0, 0.1) is 0 Å². The predicted octanol–water partition coefficient (Wildman–Crippen LogP) is -4.38. The summed E-state index contributed by atoms with van der Waals surface area (Å²) in [7, 11) is 0. The summed E-state index contributed by atoms with van der Waals surface area (Å²) in [5.74, 6) is -8.03. The van der Waals surface area contributed by atoms with Gasteiger partial charge in [0.25, 0.3) is 0 Å². The average molecular weight is 1300 g/mol. The van der Waals surface area contributed by atoms with Gasteiger partial charge in [0.2, 0.25) is 0 Å². The molecule has 35 heteroatoms. The summed E-state index contributed by atoms with van der Waals surface area (Å²) in [5, 5.41) is 36.9. The van der Waals surface area contributed by atoms with Crippen LogP contribution in [0.5, 0.6) is 0 Å². The third-order valence-electron chi connectivity index (χ3n) is 11.4. The van der Waals surface area contributed by atoms with Crippen LogP contribution < -0.4 is 0 Å². The van der Waals surface area contributed by atoms with Gasteiger partial charge in [-0.1, -0.05) is 0 Å². The zero-order chi connectivity index (χ0) is 64.3. The van der Waals surface area contributed by atoms with Gasteiger partial charge in [0.05, 0.1) is 218 Å². The molecule has 5 aliphatic rings. The topological polar surface area (TPSA) is 406 Å². The van der Waals surface area contributed by atoms with Crippen LogP contribution in [0.2, 0.25) is 0 Å². The maximum absolute atomic E-state index is 12.7. The molecule has 0 amide bonds. The highest BCUT2D eigenvalue weighted by atomic mass is 16.9. The van der Waals surface area contributed by atoms with Crippen molar-refractivity contribution in [2.24, 2.45) is 0 Å². The van der Waals surface area contributed by atoms with Crippen molar-refractivity contribution < 1.29 is 168 Å². The first-order valence-corrected chi connectivity index (χ1v) is 29.5. The number of carbonyl (C=O) groups excluding carboxylic acids is 5. The van der Waals surface area contributed by atoms with Crippen LogP contribution in [0.4, 0.5) is 0 Å². The third-order valence-corrected chi connectivity index (χ3v) is 11.4. The molecular weight excluding hydrogens is 1210 g/mol. The van der Waals surface area contributed by atoms with Crippen molar-refractivity contribution in [2.75, 3.05) is 258 Å². The summed E-state index contributed by atoms with van der Waals surface area (Å²) in [5.41, 5.74) is 0. The molecule has 5 fully saturated rings. The Morgan fingerprint density at radius 3 is 0.876 bits per heavy atom. The fraction of sp³-hybridized carbons (Fsp3) is 0.907. The smallest absolute Gasteiger partial charge is 0.338 e. The minimum absolute atomic E-state index is 0.0497. The first-order valence-electron chi connectivity index (χ1n) is 29.5. The second kappa shape index (κ2) is 51.8. The summed E-state index contributed by atoms with van der Waals surface area (Å²) in [6.45, 7) is 10.3. The maximum atomic E-state index is 12.7. The summed E-state index contributed by atoms with van der Waals surface area (Å²) in [4.78, 5) is 61.4. The summed E-state index contributed by atoms with van der Waals surface area (Å²) in [6.07, 6.45) is -8.88. The summed E-state index contributed by atoms with van der Waals surface area (Å²) < 4.78 is 140. The Labute approximate surface area is 516 Å². The van der Waals surface area contributed by atoms with E-state index in [-0.39, 0.29) is 85.9 Å². The molecule has 0 saturated carbocycles. The minimum atomic E-state index is -2.06. The van der Waals surface area contributed by atoms with Gasteiger partial charge in [-0.25, -0.2) is 24.0 Å². The molecule has 5 aliphatic heterocycles. The van der Waals surface area contributed by atoms with Gasteiger partial charge in [-0.3, -0.25) is 0 Å². The molecule has 0 aromatic rings. The molecule has 4 N–H and O–H groups in total. The number of carbonyl (C=O) groups is 5. The van der Waals surface area contributed by atoms with E-state index >= 15 is 0 Å². The van der Waals surface area contributed by atoms with E-state index in [0.717, 1.165) is 0 Å². The van der Waals surface area contributed by atoms with Crippen molar-refractivity contribution in [1.82, 2.24) is 0 Å². The number of aliphatic hydroxyl groups excluding tert-OH is 4. The normalized spacial score (nSPS) is 27.8. The Morgan fingerprint density at radius 2 is 0.607 bits per heavy atom. The zero-order valence-corrected chi connectivity index (χ0v) is 51.0. The van der Waals surface area contributed by atoms with Crippen molar-refractivity contribution in [1.29, 1.82) is 0 Å². The number of hydrogen-bond acceptors (Lipinski definition) is 35. The maximum Gasteiger partial charge on any atom is 0.338 e. The van der Waals surface area contributed by atoms with Gasteiger partial charge in [0, 0.05) is 0 Å². The molecule has 89 heavy (non-hydrogen) atoms. The quantitative estimate of drug-likeness (QED) is 0.106. The number of hydrogen-bond donors (Lipinski definition) is 4. The van der Waals surface area contributed by atoms with Crippen LogP contribution in [-0.4, -0.2) is 357 Å². The molecular formula is C54H94O35. The van der Waals surface area contributed by atoms with Crippen LogP contribution in [0.3, 0.4) is 0 Å². The lowest BCUT2D eigenvalue weighted by molar-refractivity contribution is -0.359. The number of aliphatic hydroxyl groups is 4. The predicted molar refractivity (Wildman–Crippen MR) is 291 cm³/mol. The van der Waals surface area contributed by atoms with Crippen LogP contribution in [0.15, 0.2) is 0 Å². The van der Waals surface area contributed by atoms with E-state index in [0.29, 0.717) is 139 Å². The Hall–Kier alpha value is -3.65. The second-order valence-electron chi connectivity index (χ2n) is 18.4. The molecule has 0 aromatic carbocycles. The van der Waals surface area contributed by atoms with E-state index < -0.39 is 111 Å². The molecule has 0 bridgehead atoms. The first kappa shape index (κ1) is 79.6. The monoisotopic (exact) mass is 1300 g/mol. The number of esters is 5. The molecule has 5 saturated heterocycles. The molecule has 5 heterocycles. The number of ether oxygens (including phenoxy) is 26. The molecule has 5 rings (SSSR count). The minimum Gasteiger partial charge on any atom is -0.464 e. The van der Waals surface area contributed by atoms with E-state index in [1.807, 2.05) is 0 Å². The van der Waals surface area contributed by atoms with Crippen molar-refractivity contribution in [3.05, 3.63) is 0 Å². The first-order chi connectivity index (χ1) is 43.4. The molecule has 6 unspecified atom stereocenters. The third kappa shape index (κ3) is 37.0. The highest BCUT2D eigenvalue weighted by Crippen LogP contribution is 2.34. The SMILES string of the molecule is CCOC(=O)C1OC2(COCCOCCOCCOCCOCCO2)OC1C(=O)OCC.O=C(OCC(O)CO)C1OC2(COCCOCCOCCOCCOCCO2)OC1C(=O)OCC(O)CO.O=C1COCCOCCOCCOCCOCCO1. The van der Waals surface area contributed by atoms with Crippen molar-refractivity contribution in [3.8, 4) is 0 Å². The van der Waals surface area contributed by atoms with Crippen molar-refractivity contribution >= 4 is 29.8 Å². The van der Waals surface area contributed by atoms with Gasteiger partial charge in [0.15, 0.2) is 24.4 Å². The van der Waals surface area contributed by atoms with Crippen LogP contribution >= 0.6 is 0 Å². The van der Waals surface area contributed by atoms with E-state index in [1.54, 1.807) is 13.8 Å². The lowest BCUT2D eigenvalue weighted by atomic mass is 10.2. The Kier molecular flexibility index (Phi) is 46.3. The summed E-state index contributed by atoms with van der Waals surface area (Å²) in [6, 6.07) is 0. The van der Waals surface area contributed by atoms with E-state index in [2.05, 4.69) is 0 Å². The van der Waals surface area contributed by atoms with Gasteiger partial charge >= 0.3 is 41.8 Å². The van der Waals surface area contributed by atoms with Gasteiger partial charge in [0.1, 0.15) is 51.8 Å². The van der Waals surface area contributed by atoms with Gasteiger partial charge in [-0.2, -0.15) is 0 Å². The fourth-order valence-corrected chi connectivity index (χ4v) is 7.15. The van der Waals surface area contributed by atoms with Gasteiger partial charge < -0.3 is 144 Å². The van der Waals surface area contributed by atoms with Crippen LogP contribution in [-0.2, 0) is 147 Å². The van der Waals surface area contributed by atoms with E-state index in [1.165, 1.54) is 0 Å². The molecule has 0 aliphatic carbocycles. The Morgan fingerprint density at radius 1 is 0.371 bits per heavy atom. The van der Waals surface area contributed by atoms with E-state index in [9.17, 15) is 34.2 Å². The highest BCUT2D eigenvalue weighted by molar-refractivity contribution is 5.87. The largest absolute Gasteiger partial charge is 0.464 e. The van der Waals surface area contributed by atoms with Crippen LogP contribution in [0.25, 0.3) is 0 Å². The molecule has 0 aromatic heterocycles. The summed E-state index contributed by atoms with van der Waals surface area (Å²) >= 11 is 0. The second-order valence-corrected chi connectivity index (χ2v) is 18.4. The van der Waals surface area contributed by atoms with Crippen LogP contribution in [0.1, 0.15) is 13.8 Å². The lowest BCUT2D eigenvalue weighted by Gasteiger charge is -2.27. The van der Waals surface area contributed by atoms with Gasteiger partial charge in [-0.15, -0.1) is 0 Å². The Balaban J connectivity index is 0.000000367. The zero-order valence-electron chi connectivity index (χ0n) is 51.0. The molecule has 520 valence electrons. The molecule has 0 radical (unpaired) electrons. The number of rotatable bonds is 12. The molecule has 6 atom stereocenters. The average Bonchev–Trinajstić information content (AvgIpc) is 1.77. The molecule has 35 nitrogen and oxygen atoms in total. The van der Waals surface area contributed by atoms with Gasteiger partial charge in [-0.05, 0) is 13.8 Å². The highest BCUT2D eigenvalue weighted by Gasteiger charge is 2.58. The standard InChI is InChI=1S/C22H38O16.C20H34O12.C12H22O7/c23-11-16(25)13-34-20(27)18-19(21(28)35-14-17(26)12-24)38-22(37-18)15-33-8-7-31-4-3-29-1-2-30-5-6-32-9-10-36-22;1-3-28-18(21)16-17(19(22)29-4-2)32-20(31-16)15-27-12-11-25-8-7-23-5-6-24-9-10-26-13-14-30-20;13-12-11-18-8-7-16-4-3-14-1-2-15-5-6-17-9-10-19-12/h16-19,23-26H,1-15H2;16-17H,3-15H2,1-2H3;1-11H2. The lowest BCUT2D eigenvalue weighted by Crippen LogP contribution is -2.42. The fourth-order valence-electron chi connectivity index (χ4n) is 7.15. The van der Waals surface area contributed by atoms with Crippen molar-refractivity contribution in [3.63, 3.8) is 0 Å². The number of cyclic esters (lactones) is 1.